The predicted molar refractivity (Wildman–Crippen MR) is 177 cm³/mol. The van der Waals surface area contributed by atoms with Gasteiger partial charge in [0.05, 0.1) is 17.8 Å². The van der Waals surface area contributed by atoms with Gasteiger partial charge in [-0.2, -0.15) is 9.97 Å². The SMILES string of the molecule is Oc1cc(N2CCc3c(nc(OC[C@@]45C[C@@H](F)CN4[C@@H]4CCC[C@@H]4C5)nc3N3CC4CCC(C3)N4)C2)c2c(I)cccc2c1. The summed E-state index contributed by atoms with van der Waals surface area (Å²) in [5.41, 5.74) is 3.00. The molecule has 2 aromatic carbocycles. The van der Waals surface area contributed by atoms with Crippen LogP contribution < -0.4 is 19.9 Å². The molecule has 10 heteroatoms. The number of halogens is 2. The molecular weight excluding hydrogens is 670 g/mol. The average Bonchev–Trinajstić information content (AvgIpc) is 3.75. The molecular formula is C34H40FIN6O2. The smallest absolute Gasteiger partial charge is 0.318 e. The van der Waals surface area contributed by atoms with Crippen molar-refractivity contribution < 1.29 is 14.2 Å². The quantitative estimate of drug-likeness (QED) is 0.352. The van der Waals surface area contributed by atoms with Crippen molar-refractivity contribution in [1.29, 1.82) is 0 Å². The van der Waals surface area contributed by atoms with Gasteiger partial charge in [-0.3, -0.25) is 4.90 Å². The van der Waals surface area contributed by atoms with Crippen LogP contribution in [-0.4, -0.2) is 82.6 Å². The van der Waals surface area contributed by atoms with Gasteiger partial charge in [-0.05, 0) is 84.6 Å². The first kappa shape index (κ1) is 27.8. The van der Waals surface area contributed by atoms with E-state index in [4.69, 9.17) is 14.7 Å². The number of alkyl halides is 1. The minimum Gasteiger partial charge on any atom is -0.508 e. The van der Waals surface area contributed by atoms with Crippen molar-refractivity contribution in [3.05, 3.63) is 45.2 Å². The highest BCUT2D eigenvalue weighted by atomic mass is 127. The number of aromatic nitrogens is 2. The van der Waals surface area contributed by atoms with Gasteiger partial charge in [0.15, 0.2) is 0 Å². The fourth-order valence-corrected chi connectivity index (χ4v) is 10.5. The van der Waals surface area contributed by atoms with Gasteiger partial charge in [0.1, 0.15) is 24.3 Å². The van der Waals surface area contributed by atoms with E-state index in [9.17, 15) is 9.50 Å². The van der Waals surface area contributed by atoms with E-state index in [0.29, 0.717) is 56.2 Å². The summed E-state index contributed by atoms with van der Waals surface area (Å²) in [7, 11) is 0. The van der Waals surface area contributed by atoms with Crippen LogP contribution in [0, 0.1) is 9.49 Å². The standard InChI is InChI=1S/C34H40FIN6O2/c35-22-14-34(13-21-4-2-6-29(21)42(34)15-22)19-44-33-38-28-18-40(30-12-25(43)11-20-3-1-5-27(36)31(20)30)10-9-26(28)32(39-33)41-16-23-7-8-24(17-41)37-23/h1,3,5,11-12,21-24,29,37,43H,2,4,6-10,13-19H2/t21-,22-,23?,24?,29-,34-/m1/s1. The van der Waals surface area contributed by atoms with Gasteiger partial charge in [-0.1, -0.05) is 18.6 Å². The average molecular weight is 711 g/mol. The molecule has 0 radical (unpaired) electrons. The molecule has 5 aliphatic heterocycles. The molecule has 2 bridgehead atoms. The molecule has 9 rings (SSSR count). The number of phenols is 1. The molecule has 44 heavy (non-hydrogen) atoms. The number of rotatable bonds is 5. The van der Waals surface area contributed by atoms with E-state index in [1.807, 2.05) is 18.2 Å². The minimum absolute atomic E-state index is 0.244. The summed E-state index contributed by atoms with van der Waals surface area (Å²) in [6, 6.07) is 11.9. The molecule has 6 aliphatic rings. The van der Waals surface area contributed by atoms with Crippen molar-refractivity contribution >= 4 is 44.9 Å². The van der Waals surface area contributed by atoms with E-state index < -0.39 is 6.17 Å². The third-order valence-electron chi connectivity index (χ3n) is 11.5. The van der Waals surface area contributed by atoms with E-state index in [2.05, 4.69) is 54.7 Å². The van der Waals surface area contributed by atoms with Crippen molar-refractivity contribution in [1.82, 2.24) is 20.2 Å². The van der Waals surface area contributed by atoms with Crippen LogP contribution in [0.15, 0.2) is 30.3 Å². The Kier molecular flexibility index (Phi) is 6.68. The molecule has 5 fully saturated rings. The molecule has 8 nitrogen and oxygen atoms in total. The van der Waals surface area contributed by atoms with Gasteiger partial charge in [0, 0.05) is 77.0 Å². The Labute approximate surface area is 271 Å². The van der Waals surface area contributed by atoms with Gasteiger partial charge >= 0.3 is 6.01 Å². The molecule has 4 saturated heterocycles. The summed E-state index contributed by atoms with van der Waals surface area (Å²) in [4.78, 5) is 17.5. The minimum atomic E-state index is -0.787. The maximum Gasteiger partial charge on any atom is 0.318 e. The molecule has 1 aliphatic carbocycles. The first-order chi connectivity index (χ1) is 21.4. The topological polar surface area (TPSA) is 77.0 Å². The van der Waals surface area contributed by atoms with Crippen LogP contribution in [0.3, 0.4) is 0 Å². The zero-order valence-electron chi connectivity index (χ0n) is 25.0. The number of hydrogen-bond donors (Lipinski definition) is 2. The van der Waals surface area contributed by atoms with Gasteiger partial charge in [0.25, 0.3) is 0 Å². The van der Waals surface area contributed by atoms with Crippen molar-refractivity contribution in [3.8, 4) is 11.8 Å². The fourth-order valence-electron chi connectivity index (χ4n) is 9.73. The van der Waals surface area contributed by atoms with Gasteiger partial charge < -0.3 is 25.0 Å². The first-order valence-corrected chi connectivity index (χ1v) is 17.6. The van der Waals surface area contributed by atoms with Crippen molar-refractivity contribution in [2.45, 2.75) is 87.7 Å². The molecule has 6 heterocycles. The Morgan fingerprint density at radius 3 is 2.77 bits per heavy atom. The number of phenolic OH excluding ortho intramolecular Hbond substituents is 1. The lowest BCUT2D eigenvalue weighted by Gasteiger charge is -2.38. The largest absolute Gasteiger partial charge is 0.508 e. The lowest BCUT2D eigenvalue weighted by molar-refractivity contribution is 0.0829. The Morgan fingerprint density at radius 1 is 1.05 bits per heavy atom. The number of fused-ring (bicyclic) bond motifs is 7. The zero-order chi connectivity index (χ0) is 29.6. The normalized spacial score (nSPS) is 32.7. The second-order valence-corrected chi connectivity index (χ2v) is 15.4. The summed E-state index contributed by atoms with van der Waals surface area (Å²) in [6.07, 6.45) is 7.73. The van der Waals surface area contributed by atoms with Crippen LogP contribution in [0.1, 0.15) is 56.2 Å². The van der Waals surface area contributed by atoms with E-state index in [1.54, 1.807) is 0 Å². The molecule has 3 aromatic rings. The highest BCUT2D eigenvalue weighted by Crippen LogP contribution is 2.52. The molecule has 6 atom stereocenters. The molecule has 2 N–H and O–H groups in total. The van der Waals surface area contributed by atoms with Crippen molar-refractivity contribution in [2.24, 2.45) is 5.92 Å². The van der Waals surface area contributed by atoms with E-state index in [0.717, 1.165) is 64.0 Å². The number of anilines is 2. The molecule has 232 valence electrons. The fraction of sp³-hybridized carbons (Fsp3) is 0.588. The van der Waals surface area contributed by atoms with Gasteiger partial charge in [-0.25, -0.2) is 4.39 Å². The number of benzene rings is 2. The van der Waals surface area contributed by atoms with Crippen LogP contribution in [0.25, 0.3) is 10.8 Å². The third kappa shape index (κ3) is 4.56. The van der Waals surface area contributed by atoms with Crippen LogP contribution in [0.2, 0.25) is 0 Å². The molecule has 0 amide bonds. The second-order valence-electron chi connectivity index (χ2n) is 14.2. The van der Waals surface area contributed by atoms with Crippen LogP contribution in [0.4, 0.5) is 15.9 Å². The molecule has 1 saturated carbocycles. The maximum atomic E-state index is 14.9. The maximum absolute atomic E-state index is 14.9. The van der Waals surface area contributed by atoms with Gasteiger partial charge in [-0.15, -0.1) is 0 Å². The molecule has 0 spiro atoms. The Balaban J connectivity index is 1.07. The van der Waals surface area contributed by atoms with Crippen LogP contribution >= 0.6 is 22.6 Å². The monoisotopic (exact) mass is 710 g/mol. The van der Waals surface area contributed by atoms with Crippen LogP contribution in [-0.2, 0) is 13.0 Å². The molecule has 1 aromatic heterocycles. The van der Waals surface area contributed by atoms with E-state index in [1.165, 1.54) is 37.7 Å². The Morgan fingerprint density at radius 2 is 1.91 bits per heavy atom. The van der Waals surface area contributed by atoms with Gasteiger partial charge in [0.2, 0.25) is 0 Å². The number of nitrogens with one attached hydrogen (secondary N) is 1. The highest BCUT2D eigenvalue weighted by molar-refractivity contribution is 14.1. The second kappa shape index (κ2) is 10.6. The third-order valence-corrected chi connectivity index (χ3v) is 12.4. The number of piperazine rings is 1. The summed E-state index contributed by atoms with van der Waals surface area (Å²) >= 11 is 2.40. The molecule has 2 unspecified atom stereocenters. The zero-order valence-corrected chi connectivity index (χ0v) is 27.2. The summed E-state index contributed by atoms with van der Waals surface area (Å²) in [5.74, 6) is 1.96. The van der Waals surface area contributed by atoms with E-state index in [-0.39, 0.29) is 11.3 Å². The lowest BCUT2D eigenvalue weighted by atomic mass is 9.89. The summed E-state index contributed by atoms with van der Waals surface area (Å²) in [6.45, 7) is 4.33. The van der Waals surface area contributed by atoms with E-state index >= 15 is 0 Å². The lowest BCUT2D eigenvalue weighted by Crippen LogP contribution is -2.52. The number of nitrogens with zero attached hydrogens (tertiary/aromatic N) is 5. The van der Waals surface area contributed by atoms with Crippen LogP contribution in [0.5, 0.6) is 11.8 Å². The Bertz CT molecular complexity index is 1610. The van der Waals surface area contributed by atoms with Crippen molar-refractivity contribution in [3.63, 3.8) is 0 Å². The Hall–Kier alpha value is -2.44. The number of aromatic hydroxyl groups is 1. The number of ether oxygens (including phenoxy) is 1. The van der Waals surface area contributed by atoms with Crippen molar-refractivity contribution in [2.75, 3.05) is 42.6 Å². The summed E-state index contributed by atoms with van der Waals surface area (Å²) in [5, 5.41) is 16.6. The highest BCUT2D eigenvalue weighted by Gasteiger charge is 2.58. The predicted octanol–water partition coefficient (Wildman–Crippen LogP) is 5.18. The summed E-state index contributed by atoms with van der Waals surface area (Å²) < 4.78 is 22.6. The first-order valence-electron chi connectivity index (χ1n) is 16.5. The number of hydrogen-bond acceptors (Lipinski definition) is 8.